The molecular formula is C16H16Br2OS. The van der Waals surface area contributed by atoms with E-state index in [9.17, 15) is 0 Å². The van der Waals surface area contributed by atoms with Crippen molar-refractivity contribution < 1.29 is 4.74 Å². The average molecular weight is 416 g/mol. The SMILES string of the molecule is CCOc1ccc(Br)cc1C(Br)c1ccc(SC)cc1. The molecule has 0 aliphatic rings. The summed E-state index contributed by atoms with van der Waals surface area (Å²) in [6.07, 6.45) is 2.09. The van der Waals surface area contributed by atoms with E-state index in [-0.39, 0.29) is 4.83 Å². The maximum absolute atomic E-state index is 5.72. The van der Waals surface area contributed by atoms with E-state index in [1.807, 2.05) is 19.1 Å². The van der Waals surface area contributed by atoms with Crippen LogP contribution in [-0.4, -0.2) is 12.9 Å². The lowest BCUT2D eigenvalue weighted by atomic mass is 10.0. The van der Waals surface area contributed by atoms with Crippen LogP contribution in [0, 0.1) is 0 Å². The molecule has 0 radical (unpaired) electrons. The van der Waals surface area contributed by atoms with Crippen molar-refractivity contribution in [2.24, 2.45) is 0 Å². The van der Waals surface area contributed by atoms with Gasteiger partial charge in [-0.3, -0.25) is 0 Å². The van der Waals surface area contributed by atoms with Gasteiger partial charge in [0.05, 0.1) is 11.4 Å². The van der Waals surface area contributed by atoms with Crippen LogP contribution < -0.4 is 4.74 Å². The first-order valence-corrected chi connectivity index (χ1v) is 9.29. The Morgan fingerprint density at radius 3 is 2.45 bits per heavy atom. The predicted molar refractivity (Wildman–Crippen MR) is 94.3 cm³/mol. The van der Waals surface area contributed by atoms with E-state index in [2.05, 4.69) is 68.4 Å². The van der Waals surface area contributed by atoms with Crippen molar-refractivity contribution in [1.82, 2.24) is 0 Å². The Kier molecular flexibility index (Phi) is 6.00. The van der Waals surface area contributed by atoms with E-state index in [0.29, 0.717) is 6.61 Å². The highest BCUT2D eigenvalue weighted by Crippen LogP contribution is 2.38. The molecule has 0 aromatic heterocycles. The third-order valence-corrected chi connectivity index (χ3v) is 5.21. The molecule has 1 unspecified atom stereocenters. The van der Waals surface area contributed by atoms with E-state index < -0.39 is 0 Å². The molecule has 2 aromatic carbocycles. The van der Waals surface area contributed by atoms with Crippen molar-refractivity contribution in [1.29, 1.82) is 0 Å². The van der Waals surface area contributed by atoms with E-state index >= 15 is 0 Å². The molecule has 0 N–H and O–H groups in total. The number of thioether (sulfide) groups is 1. The maximum Gasteiger partial charge on any atom is 0.124 e. The molecule has 0 fully saturated rings. The van der Waals surface area contributed by atoms with Gasteiger partial charge in [-0.2, -0.15) is 0 Å². The van der Waals surface area contributed by atoms with E-state index in [1.54, 1.807) is 11.8 Å². The van der Waals surface area contributed by atoms with Crippen LogP contribution >= 0.6 is 43.6 Å². The summed E-state index contributed by atoms with van der Waals surface area (Å²) in [5.41, 5.74) is 2.36. The van der Waals surface area contributed by atoms with Gasteiger partial charge in [0.2, 0.25) is 0 Å². The predicted octanol–water partition coefficient (Wildman–Crippen LogP) is 6.05. The van der Waals surface area contributed by atoms with Gasteiger partial charge in [0.1, 0.15) is 5.75 Å². The van der Waals surface area contributed by atoms with Crippen molar-refractivity contribution in [3.05, 3.63) is 58.1 Å². The highest BCUT2D eigenvalue weighted by molar-refractivity contribution is 9.10. The van der Waals surface area contributed by atoms with Gasteiger partial charge in [0.15, 0.2) is 0 Å². The van der Waals surface area contributed by atoms with Crippen molar-refractivity contribution in [2.75, 3.05) is 12.9 Å². The van der Waals surface area contributed by atoms with Crippen molar-refractivity contribution in [2.45, 2.75) is 16.6 Å². The summed E-state index contributed by atoms with van der Waals surface area (Å²) in [6, 6.07) is 14.7. The number of rotatable bonds is 5. The van der Waals surface area contributed by atoms with Crippen molar-refractivity contribution in [3.63, 3.8) is 0 Å². The van der Waals surface area contributed by atoms with Crippen LogP contribution in [0.5, 0.6) is 5.75 Å². The molecule has 1 atom stereocenters. The Morgan fingerprint density at radius 2 is 1.85 bits per heavy atom. The number of halogens is 2. The second-order valence-electron chi connectivity index (χ2n) is 4.25. The Balaban J connectivity index is 2.35. The van der Waals surface area contributed by atoms with Gasteiger partial charge >= 0.3 is 0 Å². The van der Waals surface area contributed by atoms with E-state index in [4.69, 9.17) is 4.74 Å². The van der Waals surface area contributed by atoms with Crippen molar-refractivity contribution >= 4 is 43.6 Å². The summed E-state index contributed by atoms with van der Waals surface area (Å²) in [5.74, 6) is 0.923. The molecule has 0 saturated carbocycles. The molecular weight excluding hydrogens is 400 g/mol. The molecule has 0 heterocycles. The number of hydrogen-bond donors (Lipinski definition) is 0. The average Bonchev–Trinajstić information content (AvgIpc) is 2.48. The lowest BCUT2D eigenvalue weighted by Crippen LogP contribution is -2.00. The summed E-state index contributed by atoms with van der Waals surface area (Å²) < 4.78 is 6.78. The molecule has 4 heteroatoms. The summed E-state index contributed by atoms with van der Waals surface area (Å²) in [7, 11) is 0. The molecule has 0 bridgehead atoms. The smallest absolute Gasteiger partial charge is 0.124 e. The second kappa shape index (κ2) is 7.53. The van der Waals surface area contributed by atoms with Crippen LogP contribution in [0.4, 0.5) is 0 Å². The molecule has 2 rings (SSSR count). The standard InChI is InChI=1S/C16H16Br2OS/c1-3-19-15-9-6-12(17)10-14(15)16(18)11-4-7-13(20-2)8-5-11/h4-10,16H,3H2,1-2H3. The monoisotopic (exact) mass is 414 g/mol. The minimum absolute atomic E-state index is 0.123. The molecule has 0 spiro atoms. The molecule has 1 nitrogen and oxygen atoms in total. The van der Waals surface area contributed by atoms with Crippen LogP contribution in [0.3, 0.4) is 0 Å². The summed E-state index contributed by atoms with van der Waals surface area (Å²) in [5, 5.41) is 0. The Morgan fingerprint density at radius 1 is 1.15 bits per heavy atom. The van der Waals surface area contributed by atoms with Crippen molar-refractivity contribution in [3.8, 4) is 5.75 Å². The van der Waals surface area contributed by atoms with Gasteiger partial charge < -0.3 is 4.74 Å². The topological polar surface area (TPSA) is 9.23 Å². The second-order valence-corrected chi connectivity index (χ2v) is 6.96. The molecule has 106 valence electrons. The fraction of sp³-hybridized carbons (Fsp3) is 0.250. The molecule has 20 heavy (non-hydrogen) atoms. The van der Waals surface area contributed by atoms with E-state index in [1.165, 1.54) is 10.5 Å². The Labute approximate surface area is 141 Å². The van der Waals surface area contributed by atoms with Gasteiger partial charge in [-0.15, -0.1) is 11.8 Å². The first-order valence-electron chi connectivity index (χ1n) is 6.36. The summed E-state index contributed by atoms with van der Waals surface area (Å²) >= 11 is 9.07. The van der Waals surface area contributed by atoms with Gasteiger partial charge in [-0.25, -0.2) is 0 Å². The fourth-order valence-electron chi connectivity index (χ4n) is 1.96. The molecule has 0 aliphatic heterocycles. The minimum Gasteiger partial charge on any atom is -0.494 e. The number of hydrogen-bond acceptors (Lipinski definition) is 2. The maximum atomic E-state index is 5.72. The lowest BCUT2D eigenvalue weighted by molar-refractivity contribution is 0.337. The van der Waals surface area contributed by atoms with Crippen LogP contribution in [0.25, 0.3) is 0 Å². The third-order valence-electron chi connectivity index (χ3n) is 2.95. The molecule has 2 aromatic rings. The highest BCUT2D eigenvalue weighted by Gasteiger charge is 2.16. The zero-order chi connectivity index (χ0) is 14.5. The van der Waals surface area contributed by atoms with Gasteiger partial charge in [0.25, 0.3) is 0 Å². The van der Waals surface area contributed by atoms with Gasteiger partial charge in [-0.1, -0.05) is 44.0 Å². The van der Waals surface area contributed by atoms with Gasteiger partial charge in [0, 0.05) is 14.9 Å². The normalized spacial score (nSPS) is 12.2. The lowest BCUT2D eigenvalue weighted by Gasteiger charge is -2.16. The van der Waals surface area contributed by atoms with Crippen LogP contribution in [0.2, 0.25) is 0 Å². The summed E-state index contributed by atoms with van der Waals surface area (Å²) in [4.78, 5) is 1.39. The highest BCUT2D eigenvalue weighted by atomic mass is 79.9. The number of alkyl halides is 1. The zero-order valence-corrected chi connectivity index (χ0v) is 15.4. The zero-order valence-electron chi connectivity index (χ0n) is 11.4. The van der Waals surface area contributed by atoms with Crippen LogP contribution in [0.15, 0.2) is 51.8 Å². The van der Waals surface area contributed by atoms with Crippen LogP contribution in [-0.2, 0) is 0 Å². The number of benzene rings is 2. The molecule has 0 aliphatic carbocycles. The first-order chi connectivity index (χ1) is 9.65. The third kappa shape index (κ3) is 3.80. The van der Waals surface area contributed by atoms with Crippen LogP contribution in [0.1, 0.15) is 22.9 Å². The minimum atomic E-state index is 0.123. The molecule has 0 amide bonds. The summed E-state index contributed by atoms with van der Waals surface area (Å²) in [6.45, 7) is 2.67. The Hall–Kier alpha value is -0.450. The van der Waals surface area contributed by atoms with Gasteiger partial charge in [-0.05, 0) is 49.1 Å². The largest absolute Gasteiger partial charge is 0.494 e. The Bertz CT molecular complexity index is 569. The quantitative estimate of drug-likeness (QED) is 0.433. The fourth-order valence-corrected chi connectivity index (χ4v) is 3.41. The molecule has 0 saturated heterocycles. The van der Waals surface area contributed by atoms with E-state index in [0.717, 1.165) is 15.8 Å². The number of ether oxygens (including phenoxy) is 1. The first kappa shape index (κ1) is 15.9.